The van der Waals surface area contributed by atoms with Gasteiger partial charge in [0.15, 0.2) is 0 Å². The van der Waals surface area contributed by atoms with Crippen molar-refractivity contribution in [3.8, 4) is 11.3 Å². The highest BCUT2D eigenvalue weighted by Crippen LogP contribution is 2.27. The summed E-state index contributed by atoms with van der Waals surface area (Å²) in [5, 5.41) is 8.74. The van der Waals surface area contributed by atoms with Gasteiger partial charge in [0.2, 0.25) is 11.8 Å². The van der Waals surface area contributed by atoms with Gasteiger partial charge in [-0.05, 0) is 30.7 Å². The molecule has 0 fully saturated rings. The van der Waals surface area contributed by atoms with E-state index in [0.29, 0.717) is 23.2 Å². The van der Waals surface area contributed by atoms with E-state index in [1.807, 2.05) is 30.3 Å². The summed E-state index contributed by atoms with van der Waals surface area (Å²) in [6, 6.07) is 11.7. The Morgan fingerprint density at radius 3 is 2.54 bits per heavy atom. The zero-order valence-corrected chi connectivity index (χ0v) is 14.1. The molecule has 0 aliphatic rings. The lowest BCUT2D eigenvalue weighted by atomic mass is 10.1. The molecule has 0 saturated carbocycles. The van der Waals surface area contributed by atoms with E-state index in [0.717, 1.165) is 28.2 Å². The summed E-state index contributed by atoms with van der Waals surface area (Å²) in [6.45, 7) is 3.84. The smallest absolute Gasteiger partial charge is 0.222 e. The van der Waals surface area contributed by atoms with Crippen LogP contribution >= 0.6 is 11.6 Å². The van der Waals surface area contributed by atoms with Crippen LogP contribution in [0.15, 0.2) is 47.0 Å². The van der Waals surface area contributed by atoms with Gasteiger partial charge in [-0.3, -0.25) is 0 Å². The second kappa shape index (κ2) is 5.76. The number of fused-ring (bicyclic) bond motifs is 1. The van der Waals surface area contributed by atoms with E-state index in [1.54, 1.807) is 6.92 Å². The van der Waals surface area contributed by atoms with E-state index in [2.05, 4.69) is 33.8 Å². The first kappa shape index (κ1) is 14.9. The van der Waals surface area contributed by atoms with Crippen molar-refractivity contribution in [2.75, 3.05) is 0 Å². The molecule has 0 aliphatic heterocycles. The Labute approximate surface area is 143 Å². The van der Waals surface area contributed by atoms with Crippen LogP contribution in [0.5, 0.6) is 0 Å². The van der Waals surface area contributed by atoms with Crippen molar-refractivity contribution in [2.45, 2.75) is 20.3 Å². The normalized spacial score (nSPS) is 11.3. The molecule has 5 nitrogen and oxygen atoms in total. The van der Waals surface area contributed by atoms with Gasteiger partial charge in [-0.25, -0.2) is 4.98 Å². The molecule has 0 N–H and O–H groups in total. The molecule has 0 unspecified atom stereocenters. The van der Waals surface area contributed by atoms with Crippen LogP contribution in [-0.4, -0.2) is 19.6 Å². The van der Waals surface area contributed by atoms with Crippen molar-refractivity contribution >= 4 is 17.2 Å². The topological polar surface area (TPSA) is 56.2 Å². The third-order valence-electron chi connectivity index (χ3n) is 3.87. The molecule has 0 bridgehead atoms. The minimum Gasteiger partial charge on any atom is -0.425 e. The molecule has 3 aromatic heterocycles. The Hall–Kier alpha value is -2.66. The summed E-state index contributed by atoms with van der Waals surface area (Å²) < 4.78 is 7.64. The Morgan fingerprint density at radius 1 is 1.04 bits per heavy atom. The first-order chi connectivity index (χ1) is 11.6. The number of pyridine rings is 1. The fraction of sp³-hybridized carbons (Fsp3) is 0.167. The van der Waals surface area contributed by atoms with Gasteiger partial charge in [0.25, 0.3) is 0 Å². The van der Waals surface area contributed by atoms with Crippen molar-refractivity contribution in [1.29, 1.82) is 0 Å². The molecule has 0 atom stereocenters. The molecule has 0 spiro atoms. The molecular weight excluding hydrogens is 324 g/mol. The third kappa shape index (κ3) is 2.67. The van der Waals surface area contributed by atoms with Crippen molar-refractivity contribution in [2.24, 2.45) is 0 Å². The maximum Gasteiger partial charge on any atom is 0.222 e. The van der Waals surface area contributed by atoms with Gasteiger partial charge in [0.05, 0.1) is 17.8 Å². The van der Waals surface area contributed by atoms with Crippen LogP contribution < -0.4 is 0 Å². The van der Waals surface area contributed by atoms with Crippen LogP contribution in [0.25, 0.3) is 16.9 Å². The number of halogens is 1. The minimum atomic E-state index is 0.517. The first-order valence-corrected chi connectivity index (χ1v) is 8.00. The number of hydrogen-bond donors (Lipinski definition) is 0. The average molecular weight is 339 g/mol. The van der Waals surface area contributed by atoms with E-state index in [4.69, 9.17) is 21.0 Å². The summed E-state index contributed by atoms with van der Waals surface area (Å²) in [7, 11) is 0. The first-order valence-electron chi connectivity index (χ1n) is 7.62. The van der Waals surface area contributed by atoms with E-state index in [1.165, 1.54) is 0 Å². The number of rotatable bonds is 3. The van der Waals surface area contributed by atoms with E-state index in [-0.39, 0.29) is 0 Å². The zero-order chi connectivity index (χ0) is 16.7. The summed E-state index contributed by atoms with van der Waals surface area (Å²) in [6.07, 6.45) is 2.59. The van der Waals surface area contributed by atoms with Gasteiger partial charge in [-0.2, -0.15) is 0 Å². The summed E-state index contributed by atoms with van der Waals surface area (Å²) in [5.41, 5.74) is 4.96. The molecule has 0 radical (unpaired) electrons. The van der Waals surface area contributed by atoms with Gasteiger partial charge < -0.3 is 8.82 Å². The van der Waals surface area contributed by atoms with Gasteiger partial charge in [0, 0.05) is 23.7 Å². The molecular formula is C18H15ClN4O. The van der Waals surface area contributed by atoms with Crippen LogP contribution in [-0.2, 0) is 6.42 Å². The molecule has 3 heterocycles. The molecule has 0 aliphatic carbocycles. The molecule has 4 aromatic rings. The fourth-order valence-electron chi connectivity index (χ4n) is 2.76. The molecule has 0 saturated heterocycles. The lowest BCUT2D eigenvalue weighted by Crippen LogP contribution is -1.97. The highest BCUT2D eigenvalue weighted by Gasteiger charge is 2.17. The number of aromatic nitrogens is 4. The van der Waals surface area contributed by atoms with Gasteiger partial charge in [-0.1, -0.05) is 29.8 Å². The maximum absolute atomic E-state index is 6.01. The highest BCUT2D eigenvalue weighted by atomic mass is 35.5. The SMILES string of the molecule is Cc1ccc2nc(-c3ccc(Cl)cc3)c(Cc3nnc(C)o3)n2c1. The van der Waals surface area contributed by atoms with E-state index >= 15 is 0 Å². The lowest BCUT2D eigenvalue weighted by molar-refractivity contribution is 0.475. The van der Waals surface area contributed by atoms with Crippen LogP contribution in [0.1, 0.15) is 23.0 Å². The van der Waals surface area contributed by atoms with Crippen LogP contribution in [0, 0.1) is 13.8 Å². The molecule has 24 heavy (non-hydrogen) atoms. The van der Waals surface area contributed by atoms with Crippen molar-refractivity contribution < 1.29 is 4.42 Å². The molecule has 1 aromatic carbocycles. The van der Waals surface area contributed by atoms with Crippen molar-refractivity contribution in [1.82, 2.24) is 19.6 Å². The predicted molar refractivity (Wildman–Crippen MR) is 92.2 cm³/mol. The quantitative estimate of drug-likeness (QED) is 0.560. The number of benzene rings is 1. The number of hydrogen-bond acceptors (Lipinski definition) is 4. The summed E-state index contributed by atoms with van der Waals surface area (Å²) in [5.74, 6) is 1.13. The number of imidazole rings is 1. The molecule has 120 valence electrons. The Morgan fingerprint density at radius 2 is 1.83 bits per heavy atom. The monoisotopic (exact) mass is 338 g/mol. The maximum atomic E-state index is 6.01. The average Bonchev–Trinajstić information content (AvgIpc) is 3.13. The van der Waals surface area contributed by atoms with Crippen LogP contribution in [0.4, 0.5) is 0 Å². The van der Waals surface area contributed by atoms with E-state index in [9.17, 15) is 0 Å². The molecule has 6 heteroatoms. The van der Waals surface area contributed by atoms with Crippen LogP contribution in [0.3, 0.4) is 0 Å². The standard InChI is InChI=1S/C18H15ClN4O/c1-11-3-8-16-20-18(13-4-6-14(19)7-5-13)15(23(16)10-11)9-17-22-21-12(2)24-17/h3-8,10H,9H2,1-2H3. The largest absolute Gasteiger partial charge is 0.425 e. The second-order valence-electron chi connectivity index (χ2n) is 5.74. The minimum absolute atomic E-state index is 0.517. The van der Waals surface area contributed by atoms with E-state index < -0.39 is 0 Å². The number of nitrogens with zero attached hydrogens (tertiary/aromatic N) is 4. The van der Waals surface area contributed by atoms with Crippen LogP contribution in [0.2, 0.25) is 5.02 Å². The van der Waals surface area contributed by atoms with Gasteiger partial charge in [-0.15, -0.1) is 10.2 Å². The van der Waals surface area contributed by atoms with Crippen molar-refractivity contribution in [3.63, 3.8) is 0 Å². The Bertz CT molecular complexity index is 1020. The van der Waals surface area contributed by atoms with Crippen molar-refractivity contribution in [3.05, 3.63) is 70.7 Å². The second-order valence-corrected chi connectivity index (χ2v) is 6.18. The Kier molecular flexibility index (Phi) is 3.58. The zero-order valence-electron chi connectivity index (χ0n) is 13.3. The lowest BCUT2D eigenvalue weighted by Gasteiger charge is -2.04. The molecule has 0 amide bonds. The predicted octanol–water partition coefficient (Wildman–Crippen LogP) is 4.25. The molecule has 4 rings (SSSR count). The Balaban J connectivity index is 1.91. The fourth-order valence-corrected chi connectivity index (χ4v) is 2.89. The number of aryl methyl sites for hydroxylation is 2. The summed E-state index contributed by atoms with van der Waals surface area (Å²) in [4.78, 5) is 4.79. The van der Waals surface area contributed by atoms with Gasteiger partial charge >= 0.3 is 0 Å². The summed E-state index contributed by atoms with van der Waals surface area (Å²) >= 11 is 6.01. The van der Waals surface area contributed by atoms with Gasteiger partial charge in [0.1, 0.15) is 5.65 Å². The third-order valence-corrected chi connectivity index (χ3v) is 4.12. The highest BCUT2D eigenvalue weighted by molar-refractivity contribution is 6.30.